The molecule has 142 valence electrons. The molecule has 9 heteroatoms. The summed E-state index contributed by atoms with van der Waals surface area (Å²) < 4.78 is 39.2. The second kappa shape index (κ2) is 7.65. The Kier molecular flexibility index (Phi) is 5.29. The minimum atomic E-state index is -4.57. The summed E-state index contributed by atoms with van der Waals surface area (Å²) in [5.74, 6) is -0.674. The predicted octanol–water partition coefficient (Wildman–Crippen LogP) is 2.63. The minimum absolute atomic E-state index is 0.155. The van der Waals surface area contributed by atoms with Gasteiger partial charge in [-0.05, 0) is 18.2 Å². The highest BCUT2D eigenvalue weighted by molar-refractivity contribution is 6.05. The van der Waals surface area contributed by atoms with Crippen LogP contribution in [0.2, 0.25) is 0 Å². The lowest BCUT2D eigenvalue weighted by Gasteiger charge is -2.34. The van der Waals surface area contributed by atoms with Crippen LogP contribution in [0.1, 0.15) is 15.9 Å². The molecule has 6 nitrogen and oxygen atoms in total. The van der Waals surface area contributed by atoms with Gasteiger partial charge in [0.25, 0.3) is 5.91 Å². The van der Waals surface area contributed by atoms with Gasteiger partial charge in [-0.25, -0.2) is 0 Å². The van der Waals surface area contributed by atoms with Gasteiger partial charge >= 0.3 is 6.18 Å². The van der Waals surface area contributed by atoms with E-state index < -0.39 is 17.6 Å². The normalized spacial score (nSPS) is 14.8. The van der Waals surface area contributed by atoms with Crippen molar-refractivity contribution in [3.05, 3.63) is 53.9 Å². The number of alkyl halides is 3. The number of hydrogen-bond donors (Lipinski definition) is 1. The smallest absolute Gasteiger partial charge is 0.367 e. The minimum Gasteiger partial charge on any atom is -0.367 e. The van der Waals surface area contributed by atoms with Crippen molar-refractivity contribution in [3.63, 3.8) is 0 Å². The van der Waals surface area contributed by atoms with Crippen molar-refractivity contribution in [1.29, 1.82) is 0 Å². The van der Waals surface area contributed by atoms with Crippen LogP contribution in [-0.2, 0) is 11.0 Å². The van der Waals surface area contributed by atoms with E-state index in [1.807, 2.05) is 4.90 Å². The number of piperazine rings is 1. The average molecular weight is 378 g/mol. The van der Waals surface area contributed by atoms with Gasteiger partial charge in [0, 0.05) is 32.4 Å². The zero-order valence-electron chi connectivity index (χ0n) is 14.2. The SMILES string of the molecule is O=CN1CCN(c2cncc(C(=O)Nc3ccccc3C(F)(F)F)c2)CC1. The summed E-state index contributed by atoms with van der Waals surface area (Å²) in [6, 6.07) is 6.38. The standard InChI is InChI=1S/C18H17F3N4O2/c19-18(20,21)15-3-1-2-4-16(15)23-17(27)13-9-14(11-22-10-13)25-7-5-24(12-26)6-8-25/h1-4,9-12H,5-8H2,(H,23,27). The van der Waals surface area contributed by atoms with Gasteiger partial charge in [0.2, 0.25) is 6.41 Å². The zero-order valence-corrected chi connectivity index (χ0v) is 14.2. The first kappa shape index (κ1) is 18.7. The van der Waals surface area contributed by atoms with Crippen molar-refractivity contribution in [1.82, 2.24) is 9.88 Å². The monoisotopic (exact) mass is 378 g/mol. The highest BCUT2D eigenvalue weighted by Gasteiger charge is 2.33. The molecule has 1 aromatic heterocycles. The van der Waals surface area contributed by atoms with Crippen molar-refractivity contribution in [2.75, 3.05) is 36.4 Å². The Morgan fingerprint density at radius 2 is 1.81 bits per heavy atom. The number of halogens is 3. The molecule has 2 amide bonds. The number of carbonyl (C=O) groups is 2. The van der Waals surface area contributed by atoms with Gasteiger partial charge in [-0.15, -0.1) is 0 Å². The topological polar surface area (TPSA) is 65.5 Å². The Labute approximate surface area is 153 Å². The lowest BCUT2D eigenvalue weighted by atomic mass is 10.1. The molecule has 0 aliphatic carbocycles. The molecule has 1 saturated heterocycles. The number of anilines is 2. The number of carbonyl (C=O) groups excluding carboxylic acids is 2. The second-order valence-electron chi connectivity index (χ2n) is 6.06. The maximum atomic E-state index is 13.1. The quantitative estimate of drug-likeness (QED) is 0.831. The molecular formula is C18H17F3N4O2. The number of pyridine rings is 1. The summed E-state index contributed by atoms with van der Waals surface area (Å²) in [5.41, 5.74) is -0.382. The molecule has 0 unspecified atom stereocenters. The van der Waals surface area contributed by atoms with E-state index in [1.54, 1.807) is 17.2 Å². The van der Waals surface area contributed by atoms with Gasteiger partial charge in [0.1, 0.15) is 0 Å². The van der Waals surface area contributed by atoms with Gasteiger partial charge in [0.15, 0.2) is 0 Å². The number of rotatable bonds is 4. The van der Waals surface area contributed by atoms with Crippen LogP contribution >= 0.6 is 0 Å². The molecule has 1 aliphatic heterocycles. The van der Waals surface area contributed by atoms with Gasteiger partial charge < -0.3 is 15.1 Å². The highest BCUT2D eigenvalue weighted by Crippen LogP contribution is 2.34. The Balaban J connectivity index is 1.76. The highest BCUT2D eigenvalue weighted by atomic mass is 19.4. The van der Waals surface area contributed by atoms with Gasteiger partial charge in [0.05, 0.1) is 28.7 Å². The van der Waals surface area contributed by atoms with E-state index in [0.29, 0.717) is 31.9 Å². The van der Waals surface area contributed by atoms with Crippen LogP contribution in [0.4, 0.5) is 24.5 Å². The fourth-order valence-electron chi connectivity index (χ4n) is 2.84. The Bertz CT molecular complexity index is 833. The molecule has 27 heavy (non-hydrogen) atoms. The van der Waals surface area contributed by atoms with Crippen LogP contribution in [0.5, 0.6) is 0 Å². The first-order valence-corrected chi connectivity index (χ1v) is 8.25. The Morgan fingerprint density at radius 1 is 1.11 bits per heavy atom. The number of aromatic nitrogens is 1. The summed E-state index contributed by atoms with van der Waals surface area (Å²) in [6.45, 7) is 2.28. The molecule has 1 aliphatic rings. The largest absolute Gasteiger partial charge is 0.418 e. The fourth-order valence-corrected chi connectivity index (χ4v) is 2.84. The van der Waals surface area contributed by atoms with E-state index in [1.165, 1.54) is 24.4 Å². The number of nitrogens with zero attached hydrogens (tertiary/aromatic N) is 3. The van der Waals surface area contributed by atoms with Crippen molar-refractivity contribution in [2.24, 2.45) is 0 Å². The van der Waals surface area contributed by atoms with E-state index in [-0.39, 0.29) is 11.3 Å². The lowest BCUT2D eigenvalue weighted by Crippen LogP contribution is -2.45. The van der Waals surface area contributed by atoms with Gasteiger partial charge in [-0.1, -0.05) is 12.1 Å². The molecule has 0 radical (unpaired) electrons. The molecule has 1 fully saturated rings. The summed E-state index contributed by atoms with van der Waals surface area (Å²) in [5, 5.41) is 2.31. The number of benzene rings is 1. The third kappa shape index (κ3) is 4.36. The third-order valence-corrected chi connectivity index (χ3v) is 4.30. The van der Waals surface area contributed by atoms with Crippen LogP contribution in [0.25, 0.3) is 0 Å². The zero-order chi connectivity index (χ0) is 19.4. The predicted molar refractivity (Wildman–Crippen MR) is 93.5 cm³/mol. The van der Waals surface area contributed by atoms with Crippen LogP contribution in [0, 0.1) is 0 Å². The van der Waals surface area contributed by atoms with Crippen LogP contribution < -0.4 is 10.2 Å². The Morgan fingerprint density at radius 3 is 2.48 bits per heavy atom. The summed E-state index contributed by atoms with van der Waals surface area (Å²) in [4.78, 5) is 30.9. The van der Waals surface area contributed by atoms with Crippen LogP contribution in [0.15, 0.2) is 42.7 Å². The maximum Gasteiger partial charge on any atom is 0.418 e. The molecule has 1 aromatic carbocycles. The number of hydrogen-bond acceptors (Lipinski definition) is 4. The van der Waals surface area contributed by atoms with Crippen molar-refractivity contribution in [2.45, 2.75) is 6.18 Å². The molecule has 0 atom stereocenters. The molecular weight excluding hydrogens is 361 g/mol. The lowest BCUT2D eigenvalue weighted by molar-refractivity contribution is -0.136. The first-order chi connectivity index (χ1) is 12.9. The molecule has 2 aromatic rings. The maximum absolute atomic E-state index is 13.1. The van der Waals surface area contributed by atoms with Crippen molar-refractivity contribution in [3.8, 4) is 0 Å². The molecule has 0 spiro atoms. The number of nitrogens with one attached hydrogen (secondary N) is 1. The van der Waals surface area contributed by atoms with E-state index >= 15 is 0 Å². The molecule has 2 heterocycles. The summed E-state index contributed by atoms with van der Waals surface area (Å²) in [7, 11) is 0. The van der Waals surface area contributed by atoms with E-state index in [0.717, 1.165) is 12.5 Å². The summed E-state index contributed by atoms with van der Waals surface area (Å²) in [6.07, 6.45) is -0.895. The van der Waals surface area contributed by atoms with E-state index in [9.17, 15) is 22.8 Å². The van der Waals surface area contributed by atoms with Crippen molar-refractivity contribution >= 4 is 23.7 Å². The van der Waals surface area contributed by atoms with Crippen molar-refractivity contribution < 1.29 is 22.8 Å². The van der Waals surface area contributed by atoms with E-state index in [4.69, 9.17) is 0 Å². The number of para-hydroxylation sites is 1. The van der Waals surface area contributed by atoms with Gasteiger partial charge in [-0.3, -0.25) is 14.6 Å². The van der Waals surface area contributed by atoms with Gasteiger partial charge in [-0.2, -0.15) is 13.2 Å². The average Bonchev–Trinajstić information content (AvgIpc) is 2.68. The molecule has 0 saturated carbocycles. The Hall–Kier alpha value is -3.10. The first-order valence-electron chi connectivity index (χ1n) is 8.25. The number of amides is 2. The molecule has 0 bridgehead atoms. The van der Waals surface area contributed by atoms with Crippen LogP contribution in [-0.4, -0.2) is 48.4 Å². The third-order valence-electron chi connectivity index (χ3n) is 4.30. The second-order valence-corrected chi connectivity index (χ2v) is 6.06. The molecule has 1 N–H and O–H groups in total. The molecule has 3 rings (SSSR count). The van der Waals surface area contributed by atoms with E-state index in [2.05, 4.69) is 10.3 Å². The fraction of sp³-hybridized carbons (Fsp3) is 0.278. The summed E-state index contributed by atoms with van der Waals surface area (Å²) >= 11 is 0. The van der Waals surface area contributed by atoms with Crippen LogP contribution in [0.3, 0.4) is 0 Å².